The van der Waals surface area contributed by atoms with Crippen LogP contribution in [0.4, 0.5) is 14.6 Å². The minimum Gasteiger partial charge on any atom is -0.508 e. The molecule has 2 bridgehead atoms. The van der Waals surface area contributed by atoms with E-state index in [0.29, 0.717) is 42.0 Å². The lowest BCUT2D eigenvalue weighted by molar-refractivity contribution is -0.141. The van der Waals surface area contributed by atoms with E-state index in [2.05, 4.69) is 41.5 Å². The molecule has 2 unspecified atom stereocenters. The number of piperazine rings is 1. The summed E-state index contributed by atoms with van der Waals surface area (Å²) in [4.78, 5) is 54.1. The lowest BCUT2D eigenvalue weighted by Crippen LogP contribution is -2.51. The first-order valence-corrected chi connectivity index (χ1v) is 28.1. The summed E-state index contributed by atoms with van der Waals surface area (Å²) in [5.74, 6) is 0.121. The van der Waals surface area contributed by atoms with Crippen LogP contribution in [0.15, 0.2) is 70.8 Å². The monoisotopic (exact) mass is 1090 g/mol. The number of nitrogens with one attached hydrogen (secondary N) is 2. The summed E-state index contributed by atoms with van der Waals surface area (Å²) in [7, 11) is 0. The van der Waals surface area contributed by atoms with Crippen LogP contribution in [0.25, 0.3) is 43.4 Å². The Kier molecular flexibility index (Phi) is 14.0. The van der Waals surface area contributed by atoms with Gasteiger partial charge in [-0.2, -0.15) is 9.97 Å². The van der Waals surface area contributed by atoms with Crippen molar-refractivity contribution >= 4 is 50.6 Å². The number of phenols is 1. The van der Waals surface area contributed by atoms with Gasteiger partial charge in [-0.25, -0.2) is 13.8 Å². The second-order valence-electron chi connectivity index (χ2n) is 22.3. The van der Waals surface area contributed by atoms with Gasteiger partial charge in [-0.15, -0.1) is 17.8 Å². The SMILES string of the molecule is C#Cc1c(F)ccc2cc(O)cc(-c3ncc4c(N5CC6CCC(C5)N6)nc(OC[C@@]56CCCN5[C@H](COc5cc([C@@H](C(=O)N7C[C@H](O)C[C@H]7C(=O)N[C@@H](C)c7ccc(-c8scnc8C)cc7)C(C)C)on5)CC6)nc4c3F)c12. The van der Waals surface area contributed by atoms with Gasteiger partial charge in [0.25, 0.3) is 5.88 Å². The minimum absolute atomic E-state index is 0.00714. The molecule has 0 aliphatic carbocycles. The maximum Gasteiger partial charge on any atom is 0.319 e. The first kappa shape index (κ1) is 52.4. The molecule has 0 saturated carbocycles. The van der Waals surface area contributed by atoms with E-state index in [4.69, 9.17) is 30.4 Å². The number of aryl methyl sites for hydroxylation is 1. The molecule has 8 atom stereocenters. The fourth-order valence-corrected chi connectivity index (χ4v) is 13.8. The highest BCUT2D eigenvalue weighted by molar-refractivity contribution is 7.13. The topological polar surface area (TPSA) is 204 Å². The minimum atomic E-state index is -0.881. The smallest absolute Gasteiger partial charge is 0.319 e. The van der Waals surface area contributed by atoms with Crippen LogP contribution in [0.5, 0.6) is 17.6 Å². The van der Waals surface area contributed by atoms with Crippen molar-refractivity contribution in [3.05, 3.63) is 101 Å². The molecule has 7 aromatic rings. The summed E-state index contributed by atoms with van der Waals surface area (Å²) in [5.41, 5.74) is 4.25. The molecular formula is C59H62F2N10O7S. The third kappa shape index (κ3) is 9.78. The van der Waals surface area contributed by atoms with Crippen LogP contribution in [0.1, 0.15) is 100 Å². The summed E-state index contributed by atoms with van der Waals surface area (Å²) >= 11 is 1.58. The average Bonchev–Trinajstić information content (AvgIpc) is 4.45. The molecule has 0 radical (unpaired) electrons. The molecule has 17 nitrogen and oxygen atoms in total. The first-order chi connectivity index (χ1) is 38.1. The standard InChI is InChI=1S/C59H62F2N10O7S/c1-6-42-45(60)15-12-36-20-40(72)21-43(50(36)42)52-51(61)53-44(24-62-52)55(69-25-37-13-14-38(26-69)65-37)67-58(66-53)77-29-59-17-7-19-71(59)39(16-18-59)28-76-48-23-47(78-68-48)49(31(2)3)57(75)70-27-41(73)22-46(70)56(74)64-32(4)34-8-10-35(11-9-34)54-33(5)63-30-79-54/h1,8-12,15,20-21,23-24,30-32,37-39,41,46,49,65,72-73H,7,13-14,16-19,22,25-29H2,2-5H3,(H,64,74)/t32-,37?,38?,39-,41+,46-,49-,59-/m0/s1. The number of hydrogen-bond acceptors (Lipinski definition) is 16. The predicted molar refractivity (Wildman–Crippen MR) is 294 cm³/mol. The van der Waals surface area contributed by atoms with E-state index >= 15 is 8.78 Å². The van der Waals surface area contributed by atoms with Gasteiger partial charge in [-0.05, 0) is 105 Å². The average molecular weight is 1090 g/mol. The Balaban J connectivity index is 0.736. The van der Waals surface area contributed by atoms with Crippen LogP contribution in [-0.2, 0) is 9.59 Å². The number of amides is 2. The number of halogens is 2. The van der Waals surface area contributed by atoms with Crippen molar-refractivity contribution in [2.24, 2.45) is 5.92 Å². The molecule has 410 valence electrons. The summed E-state index contributed by atoms with van der Waals surface area (Å²) in [6.45, 7) is 10.3. The summed E-state index contributed by atoms with van der Waals surface area (Å²) in [6, 6.07) is 14.4. The number of aromatic hydroxyl groups is 1. The molecule has 5 fully saturated rings. The van der Waals surface area contributed by atoms with Gasteiger partial charge < -0.3 is 44.6 Å². The van der Waals surface area contributed by atoms with Gasteiger partial charge >= 0.3 is 6.01 Å². The molecule has 4 aromatic heterocycles. The molecule has 5 aliphatic heterocycles. The van der Waals surface area contributed by atoms with Crippen molar-refractivity contribution in [1.29, 1.82) is 0 Å². The van der Waals surface area contributed by atoms with Crippen molar-refractivity contribution in [3.63, 3.8) is 0 Å². The number of thiazole rings is 1. The lowest BCUT2D eigenvalue weighted by Gasteiger charge is -2.35. The molecule has 4 N–H and O–H groups in total. The highest BCUT2D eigenvalue weighted by Crippen LogP contribution is 2.44. The van der Waals surface area contributed by atoms with Crippen LogP contribution in [0, 0.1) is 36.8 Å². The number of β-amino-alcohol motifs (C(OH)–C–C–N with tert-alkyl or cyclic N) is 1. The van der Waals surface area contributed by atoms with Crippen molar-refractivity contribution in [1.82, 2.24) is 45.5 Å². The van der Waals surface area contributed by atoms with Crippen LogP contribution < -0.4 is 25.0 Å². The van der Waals surface area contributed by atoms with Crippen LogP contribution in [0.2, 0.25) is 0 Å². The highest BCUT2D eigenvalue weighted by atomic mass is 32.1. The number of aliphatic hydroxyl groups is 1. The third-order valence-electron chi connectivity index (χ3n) is 16.9. The third-order valence-corrected chi connectivity index (χ3v) is 17.9. The number of phenolic OH excluding ortho intramolecular Hbond substituents is 1. The maximum absolute atomic E-state index is 17.3. The Bertz CT molecular complexity index is 3520. The van der Waals surface area contributed by atoms with Gasteiger partial charge in [-0.3, -0.25) is 19.5 Å². The molecule has 12 rings (SSSR count). The molecule has 2 amide bonds. The Morgan fingerprint density at radius 3 is 2.56 bits per heavy atom. The van der Waals surface area contributed by atoms with Crippen molar-refractivity contribution < 1.29 is 42.6 Å². The maximum atomic E-state index is 17.3. The Morgan fingerprint density at radius 2 is 1.81 bits per heavy atom. The summed E-state index contributed by atoms with van der Waals surface area (Å²) in [6.07, 6.45) is 12.0. The van der Waals surface area contributed by atoms with Crippen LogP contribution in [-0.4, -0.2) is 132 Å². The first-order valence-electron chi connectivity index (χ1n) is 27.2. The van der Waals surface area contributed by atoms with Crippen LogP contribution in [0.3, 0.4) is 0 Å². The number of hydrogen-bond donors (Lipinski definition) is 4. The zero-order chi connectivity index (χ0) is 54.9. The number of aliphatic hydroxyl groups excluding tert-OH is 1. The van der Waals surface area contributed by atoms with Gasteiger partial charge in [0.1, 0.15) is 53.8 Å². The number of nitrogens with zero attached hydrogens (tertiary/aromatic N) is 8. The number of ether oxygens (including phenoxy) is 2. The largest absolute Gasteiger partial charge is 0.508 e. The fraction of sp³-hybridized carbons (Fsp3) is 0.441. The van der Waals surface area contributed by atoms with E-state index in [1.54, 1.807) is 17.4 Å². The van der Waals surface area contributed by atoms with E-state index in [0.717, 1.165) is 66.8 Å². The Morgan fingerprint density at radius 1 is 1.01 bits per heavy atom. The Hall–Kier alpha value is -7.31. The fourth-order valence-electron chi connectivity index (χ4n) is 13.0. The van der Waals surface area contributed by atoms with E-state index in [1.165, 1.54) is 35.4 Å². The number of rotatable bonds is 15. The summed E-state index contributed by atoms with van der Waals surface area (Å²) < 4.78 is 51.2. The molecule has 20 heteroatoms. The number of aromatic nitrogens is 5. The number of fused-ring (bicyclic) bond motifs is 5. The predicted octanol–water partition coefficient (Wildman–Crippen LogP) is 8.20. The number of terminal acetylenes is 1. The van der Waals surface area contributed by atoms with Gasteiger partial charge in [0.15, 0.2) is 11.6 Å². The van der Waals surface area contributed by atoms with E-state index in [-0.39, 0.29) is 112 Å². The Labute approximate surface area is 459 Å². The molecular weight excluding hydrogens is 1030 g/mol. The molecule has 5 aliphatic rings. The van der Waals surface area contributed by atoms with Gasteiger partial charge in [0.2, 0.25) is 11.8 Å². The summed E-state index contributed by atoms with van der Waals surface area (Å²) in [5, 5.41) is 33.7. The highest BCUT2D eigenvalue weighted by Gasteiger charge is 2.50. The van der Waals surface area contributed by atoms with Crippen LogP contribution >= 0.6 is 11.3 Å². The van der Waals surface area contributed by atoms with Gasteiger partial charge in [0.05, 0.1) is 44.7 Å². The zero-order valence-corrected chi connectivity index (χ0v) is 45.2. The lowest BCUT2D eigenvalue weighted by atomic mass is 9.91. The van der Waals surface area contributed by atoms with E-state index in [9.17, 15) is 19.8 Å². The number of benzene rings is 3. The molecule has 0 spiro atoms. The number of pyridine rings is 1. The van der Waals surface area contributed by atoms with E-state index < -0.39 is 29.7 Å². The zero-order valence-electron chi connectivity index (χ0n) is 44.4. The number of carbonyl (C=O) groups is 2. The molecule has 79 heavy (non-hydrogen) atoms. The van der Waals surface area contributed by atoms with Gasteiger partial charge in [-0.1, -0.05) is 50.1 Å². The quantitative estimate of drug-likeness (QED) is 0.0715. The molecule has 5 saturated heterocycles. The second-order valence-corrected chi connectivity index (χ2v) is 23.2. The normalized spacial score (nSPS) is 23.6. The number of anilines is 1. The van der Waals surface area contributed by atoms with E-state index in [1.807, 2.05) is 57.5 Å². The van der Waals surface area contributed by atoms with Crippen molar-refractivity contribution in [2.45, 2.75) is 120 Å². The number of likely N-dealkylation sites (tertiary alicyclic amines) is 1. The molecule has 3 aromatic carbocycles. The number of carbonyl (C=O) groups excluding carboxylic acids is 2. The van der Waals surface area contributed by atoms with Crippen molar-refractivity contribution in [2.75, 3.05) is 44.3 Å². The van der Waals surface area contributed by atoms with Crippen molar-refractivity contribution in [3.8, 4) is 51.7 Å². The molecule has 9 heterocycles. The van der Waals surface area contributed by atoms with Gasteiger partial charge in [0, 0.05) is 67.4 Å². The second kappa shape index (κ2) is 21.1.